The smallest absolute Gasteiger partial charge is 0.410 e. The first-order valence-electron chi connectivity index (χ1n) is 11.0. The highest BCUT2D eigenvalue weighted by Crippen LogP contribution is 2.33. The zero-order valence-corrected chi connectivity index (χ0v) is 18.2. The van der Waals surface area contributed by atoms with E-state index in [1.165, 1.54) is 0 Å². The second kappa shape index (κ2) is 8.93. The summed E-state index contributed by atoms with van der Waals surface area (Å²) in [7, 11) is 0. The number of nitrogens with zero attached hydrogens (tertiary/aromatic N) is 3. The van der Waals surface area contributed by atoms with Crippen LogP contribution in [0.3, 0.4) is 0 Å². The van der Waals surface area contributed by atoms with Crippen molar-refractivity contribution in [1.29, 1.82) is 5.26 Å². The van der Waals surface area contributed by atoms with Gasteiger partial charge < -0.3 is 19.3 Å². The zero-order valence-electron chi connectivity index (χ0n) is 18.2. The fourth-order valence-electron chi connectivity index (χ4n) is 4.63. The number of fused-ring (bicyclic) bond motifs is 1. The molecular formula is C23H31N3O5. The molecule has 4 rings (SSSR count). The van der Waals surface area contributed by atoms with E-state index in [2.05, 4.69) is 11.0 Å². The number of piperidine rings is 1. The van der Waals surface area contributed by atoms with E-state index in [-0.39, 0.29) is 24.8 Å². The van der Waals surface area contributed by atoms with Crippen LogP contribution in [0.5, 0.6) is 11.5 Å². The molecule has 2 saturated heterocycles. The number of nitriles is 1. The summed E-state index contributed by atoms with van der Waals surface area (Å²) in [5.41, 5.74) is -0.401. The van der Waals surface area contributed by atoms with Crippen LogP contribution in [0, 0.1) is 17.2 Å². The summed E-state index contributed by atoms with van der Waals surface area (Å²) >= 11 is 0. The highest BCUT2D eigenvalue weighted by molar-refractivity contribution is 5.70. The van der Waals surface area contributed by atoms with E-state index < -0.39 is 5.60 Å². The molecule has 0 unspecified atom stereocenters. The Morgan fingerprint density at radius 3 is 2.68 bits per heavy atom. The van der Waals surface area contributed by atoms with E-state index in [1.54, 1.807) is 36.9 Å². The van der Waals surface area contributed by atoms with Gasteiger partial charge in [0.1, 0.15) is 19.3 Å². The normalized spacial score (nSPS) is 24.7. The van der Waals surface area contributed by atoms with Crippen molar-refractivity contribution in [2.45, 2.75) is 50.9 Å². The van der Waals surface area contributed by atoms with Crippen LogP contribution < -0.4 is 9.47 Å². The van der Waals surface area contributed by atoms with Gasteiger partial charge in [0.2, 0.25) is 0 Å². The van der Waals surface area contributed by atoms with E-state index in [0.717, 1.165) is 38.9 Å². The van der Waals surface area contributed by atoms with Crippen LogP contribution in [0.15, 0.2) is 18.2 Å². The minimum absolute atomic E-state index is 0.0510. The lowest BCUT2D eigenvalue weighted by Crippen LogP contribution is -2.49. The van der Waals surface area contributed by atoms with E-state index in [1.807, 2.05) is 0 Å². The maximum absolute atomic E-state index is 12.0. The van der Waals surface area contributed by atoms with Crippen LogP contribution >= 0.6 is 0 Å². The van der Waals surface area contributed by atoms with Gasteiger partial charge in [-0.3, -0.25) is 9.80 Å². The monoisotopic (exact) mass is 429 g/mol. The van der Waals surface area contributed by atoms with Gasteiger partial charge in [-0.1, -0.05) is 0 Å². The lowest BCUT2D eigenvalue weighted by molar-refractivity contribution is 0.00534. The molecule has 168 valence electrons. The Bertz CT molecular complexity index is 839. The summed E-state index contributed by atoms with van der Waals surface area (Å²) in [5.74, 6) is 1.89. The zero-order chi connectivity index (χ0) is 22.0. The first-order chi connectivity index (χ1) is 14.8. The van der Waals surface area contributed by atoms with E-state index >= 15 is 0 Å². The van der Waals surface area contributed by atoms with Gasteiger partial charge in [0.05, 0.1) is 23.3 Å². The maximum atomic E-state index is 12.0. The average molecular weight is 430 g/mol. The number of likely N-dealkylation sites (tertiary alicyclic amines) is 1. The van der Waals surface area contributed by atoms with E-state index in [9.17, 15) is 9.90 Å². The van der Waals surface area contributed by atoms with Crippen molar-refractivity contribution < 1.29 is 24.1 Å². The van der Waals surface area contributed by atoms with Gasteiger partial charge in [-0.05, 0) is 64.3 Å². The second-order valence-electron chi connectivity index (χ2n) is 9.30. The number of benzene rings is 1. The highest BCUT2D eigenvalue weighted by Gasteiger charge is 2.42. The molecular weight excluding hydrogens is 398 g/mol. The highest BCUT2D eigenvalue weighted by atomic mass is 16.6. The number of hydrogen-bond donors (Lipinski definition) is 1. The molecule has 1 aromatic rings. The lowest BCUT2D eigenvalue weighted by Gasteiger charge is -2.36. The van der Waals surface area contributed by atoms with Gasteiger partial charge in [0.25, 0.3) is 0 Å². The van der Waals surface area contributed by atoms with Crippen LogP contribution in [0.4, 0.5) is 4.79 Å². The Hall–Kier alpha value is -2.50. The van der Waals surface area contributed by atoms with Crippen molar-refractivity contribution >= 4 is 6.09 Å². The van der Waals surface area contributed by atoms with Crippen molar-refractivity contribution in [2.75, 3.05) is 39.4 Å². The summed E-state index contributed by atoms with van der Waals surface area (Å²) in [4.78, 5) is 16.1. The Balaban J connectivity index is 1.22. The molecule has 8 heteroatoms. The standard InChI is InChI=1S/C23H31N3O5/c1-23(2,28)21-15-30-22(27)26(21)10-7-16-5-8-25(9-6-16)13-18-14-29-19-4-3-17(12-24)11-20(19)31-18/h3-4,11,16,18,21,28H,5-10,13-15H2,1-2H3/t18-,21-/m0/s1. The first-order valence-corrected chi connectivity index (χ1v) is 11.0. The molecule has 3 aliphatic rings. The molecule has 0 bridgehead atoms. The van der Waals surface area contributed by atoms with Gasteiger partial charge in [0.15, 0.2) is 11.5 Å². The minimum atomic E-state index is -0.968. The number of cyclic esters (lactones) is 1. The topological polar surface area (TPSA) is 95.3 Å². The fourth-order valence-corrected chi connectivity index (χ4v) is 4.63. The van der Waals surface area contributed by atoms with Crippen LogP contribution in [0.1, 0.15) is 38.7 Å². The summed E-state index contributed by atoms with van der Waals surface area (Å²) in [6.07, 6.45) is 2.68. The van der Waals surface area contributed by atoms with Gasteiger partial charge in [-0.2, -0.15) is 5.26 Å². The Labute approximate surface area is 183 Å². The van der Waals surface area contributed by atoms with Crippen LogP contribution in [0.25, 0.3) is 0 Å². The Kier molecular flexibility index (Phi) is 6.26. The average Bonchev–Trinajstić information content (AvgIpc) is 3.13. The number of amides is 1. The quantitative estimate of drug-likeness (QED) is 0.742. The number of aliphatic hydroxyl groups is 1. The second-order valence-corrected chi connectivity index (χ2v) is 9.30. The third-order valence-electron chi connectivity index (χ3n) is 6.53. The molecule has 3 heterocycles. The lowest BCUT2D eigenvalue weighted by atomic mass is 9.92. The molecule has 8 nitrogen and oxygen atoms in total. The van der Waals surface area contributed by atoms with Crippen LogP contribution in [-0.2, 0) is 4.74 Å². The van der Waals surface area contributed by atoms with Gasteiger partial charge in [-0.25, -0.2) is 4.79 Å². The number of ether oxygens (including phenoxy) is 3. The van der Waals surface area contributed by atoms with E-state index in [4.69, 9.17) is 19.5 Å². The van der Waals surface area contributed by atoms with Gasteiger partial charge in [-0.15, -0.1) is 0 Å². The van der Waals surface area contributed by atoms with Gasteiger partial charge >= 0.3 is 6.09 Å². The van der Waals surface area contributed by atoms with Crippen molar-refractivity contribution in [1.82, 2.24) is 9.80 Å². The molecule has 1 N–H and O–H groups in total. The number of carbonyl (C=O) groups excluding carboxylic acids is 1. The number of carbonyl (C=O) groups is 1. The minimum Gasteiger partial charge on any atom is -0.486 e. The summed E-state index contributed by atoms with van der Waals surface area (Å²) in [6, 6.07) is 7.10. The molecule has 31 heavy (non-hydrogen) atoms. The summed E-state index contributed by atoms with van der Waals surface area (Å²) in [5, 5.41) is 19.4. The van der Waals surface area contributed by atoms with Crippen molar-refractivity contribution in [2.24, 2.45) is 5.92 Å². The fraction of sp³-hybridized carbons (Fsp3) is 0.652. The molecule has 1 aromatic carbocycles. The van der Waals surface area contributed by atoms with Crippen LogP contribution in [0.2, 0.25) is 0 Å². The SMILES string of the molecule is CC(C)(O)[C@@H]1COC(=O)N1CCC1CCN(C[C@H]2COc3ccc(C#N)cc3O2)CC1. The number of hydrogen-bond acceptors (Lipinski definition) is 7. The predicted octanol–water partition coefficient (Wildman–Crippen LogP) is 2.39. The Morgan fingerprint density at radius 1 is 1.19 bits per heavy atom. The first kappa shape index (κ1) is 21.7. The molecule has 0 radical (unpaired) electrons. The molecule has 2 fully saturated rings. The molecule has 0 saturated carbocycles. The summed E-state index contributed by atoms with van der Waals surface area (Å²) < 4.78 is 17.0. The molecule has 0 aliphatic carbocycles. The molecule has 3 aliphatic heterocycles. The van der Waals surface area contributed by atoms with Crippen molar-refractivity contribution in [3.63, 3.8) is 0 Å². The Morgan fingerprint density at radius 2 is 1.97 bits per heavy atom. The van der Waals surface area contributed by atoms with E-state index in [0.29, 0.717) is 36.1 Å². The molecule has 2 atom stereocenters. The van der Waals surface area contributed by atoms with Crippen LogP contribution in [-0.4, -0.2) is 78.1 Å². The largest absolute Gasteiger partial charge is 0.486 e. The third-order valence-corrected chi connectivity index (χ3v) is 6.53. The maximum Gasteiger partial charge on any atom is 0.410 e. The van der Waals surface area contributed by atoms with Crippen molar-refractivity contribution in [3.05, 3.63) is 23.8 Å². The molecule has 1 amide bonds. The summed E-state index contributed by atoms with van der Waals surface area (Å²) in [6.45, 7) is 7.59. The molecule has 0 spiro atoms. The third kappa shape index (κ3) is 5.05. The predicted molar refractivity (Wildman–Crippen MR) is 113 cm³/mol. The molecule has 0 aromatic heterocycles. The van der Waals surface area contributed by atoms with Crippen molar-refractivity contribution in [3.8, 4) is 17.6 Å². The van der Waals surface area contributed by atoms with Gasteiger partial charge in [0, 0.05) is 19.2 Å². The number of rotatable bonds is 6.